The first kappa shape index (κ1) is 10.4. The molecule has 0 atom stereocenters. The molecular weight excluding hydrogens is 174 g/mol. The molecule has 2 heteroatoms. The molecule has 1 saturated carbocycles. The molecule has 1 N–H and O–H groups in total. The highest BCUT2D eigenvalue weighted by Crippen LogP contribution is 2.38. The molecule has 1 saturated heterocycles. The van der Waals surface area contributed by atoms with Gasteiger partial charge in [0, 0.05) is 13.1 Å². The van der Waals surface area contributed by atoms with Crippen LogP contribution in [0.3, 0.4) is 0 Å². The van der Waals surface area contributed by atoms with Crippen LogP contribution in [-0.2, 0) is 4.74 Å². The second-order valence-corrected chi connectivity index (χ2v) is 5.29. The van der Waals surface area contributed by atoms with Crippen LogP contribution < -0.4 is 5.32 Å². The summed E-state index contributed by atoms with van der Waals surface area (Å²) in [6, 6.07) is 0. The summed E-state index contributed by atoms with van der Waals surface area (Å²) in [5, 5.41) is 3.46. The zero-order valence-corrected chi connectivity index (χ0v) is 9.51. The molecular formula is C12H23NO. The van der Waals surface area contributed by atoms with Gasteiger partial charge in [0.15, 0.2) is 0 Å². The lowest BCUT2D eigenvalue weighted by molar-refractivity contribution is -0.0973. The van der Waals surface area contributed by atoms with Gasteiger partial charge in [-0.1, -0.05) is 13.8 Å². The fourth-order valence-electron chi connectivity index (χ4n) is 2.86. The van der Waals surface area contributed by atoms with E-state index in [0.29, 0.717) is 0 Å². The fourth-order valence-corrected chi connectivity index (χ4v) is 2.86. The number of rotatable bonds is 1. The normalized spacial score (nSPS) is 39.2. The van der Waals surface area contributed by atoms with Crippen molar-refractivity contribution >= 4 is 0 Å². The summed E-state index contributed by atoms with van der Waals surface area (Å²) in [7, 11) is 0. The zero-order valence-electron chi connectivity index (χ0n) is 9.51. The summed E-state index contributed by atoms with van der Waals surface area (Å²) < 4.78 is 5.97. The first-order chi connectivity index (χ1) is 6.72. The molecule has 0 bridgehead atoms. The highest BCUT2D eigenvalue weighted by Gasteiger charge is 2.37. The second kappa shape index (κ2) is 4.19. The van der Waals surface area contributed by atoms with E-state index in [4.69, 9.17) is 4.74 Å². The molecule has 82 valence electrons. The maximum absolute atomic E-state index is 5.97. The first-order valence-electron chi connectivity index (χ1n) is 6.07. The second-order valence-electron chi connectivity index (χ2n) is 5.29. The molecule has 0 unspecified atom stereocenters. The third kappa shape index (κ3) is 2.12. The predicted molar refractivity (Wildman–Crippen MR) is 58.3 cm³/mol. The summed E-state index contributed by atoms with van der Waals surface area (Å²) in [5.74, 6) is 1.79. The molecule has 0 amide bonds. The minimum absolute atomic E-state index is 0.212. The van der Waals surface area contributed by atoms with Crippen molar-refractivity contribution in [3.05, 3.63) is 0 Å². The number of hydrogen-bond donors (Lipinski definition) is 1. The Labute approximate surface area is 87.4 Å². The van der Waals surface area contributed by atoms with Gasteiger partial charge < -0.3 is 10.1 Å². The molecule has 2 aliphatic rings. The van der Waals surface area contributed by atoms with Gasteiger partial charge in [-0.3, -0.25) is 0 Å². The number of ether oxygens (including phenoxy) is 1. The molecule has 0 aromatic rings. The van der Waals surface area contributed by atoms with Crippen LogP contribution in [0.1, 0.15) is 39.5 Å². The van der Waals surface area contributed by atoms with E-state index in [0.717, 1.165) is 31.5 Å². The summed E-state index contributed by atoms with van der Waals surface area (Å²) in [6.07, 6.45) is 5.25. The van der Waals surface area contributed by atoms with Crippen molar-refractivity contribution in [2.75, 3.05) is 19.7 Å². The molecule has 0 aromatic heterocycles. The SMILES string of the molecule is CC(C)C1CCC2(CC1)CNCCO2. The lowest BCUT2D eigenvalue weighted by Crippen LogP contribution is -2.51. The predicted octanol–water partition coefficient (Wildman–Crippen LogP) is 2.19. The lowest BCUT2D eigenvalue weighted by Gasteiger charge is -2.43. The first-order valence-corrected chi connectivity index (χ1v) is 6.07. The molecule has 0 aromatic carbocycles. The highest BCUT2D eigenvalue weighted by atomic mass is 16.5. The Morgan fingerprint density at radius 1 is 1.29 bits per heavy atom. The van der Waals surface area contributed by atoms with Gasteiger partial charge in [0.25, 0.3) is 0 Å². The van der Waals surface area contributed by atoms with Gasteiger partial charge in [-0.05, 0) is 37.5 Å². The highest BCUT2D eigenvalue weighted by molar-refractivity contribution is 4.91. The van der Waals surface area contributed by atoms with Crippen molar-refractivity contribution < 1.29 is 4.74 Å². The van der Waals surface area contributed by atoms with E-state index in [-0.39, 0.29) is 5.60 Å². The molecule has 2 rings (SSSR count). The topological polar surface area (TPSA) is 21.3 Å². The zero-order chi connectivity index (χ0) is 10.0. The van der Waals surface area contributed by atoms with Gasteiger partial charge in [-0.25, -0.2) is 0 Å². The number of morpholine rings is 1. The minimum atomic E-state index is 0.212. The number of hydrogen-bond acceptors (Lipinski definition) is 2. The standard InChI is InChI=1S/C12H23NO/c1-10(2)11-3-5-12(6-4-11)9-13-7-8-14-12/h10-11,13H,3-9H2,1-2H3. The van der Waals surface area contributed by atoms with Crippen LogP contribution in [0.15, 0.2) is 0 Å². The fraction of sp³-hybridized carbons (Fsp3) is 1.00. The summed E-state index contributed by atoms with van der Waals surface area (Å²) in [5.41, 5.74) is 0.212. The van der Waals surface area contributed by atoms with Crippen molar-refractivity contribution in [3.63, 3.8) is 0 Å². The van der Waals surface area contributed by atoms with Crippen LogP contribution in [0, 0.1) is 11.8 Å². The van der Waals surface area contributed by atoms with Crippen LogP contribution in [0.2, 0.25) is 0 Å². The van der Waals surface area contributed by atoms with Gasteiger partial charge in [0.1, 0.15) is 0 Å². The Bertz CT molecular complexity index is 175. The molecule has 14 heavy (non-hydrogen) atoms. The van der Waals surface area contributed by atoms with E-state index >= 15 is 0 Å². The van der Waals surface area contributed by atoms with E-state index in [2.05, 4.69) is 19.2 Å². The van der Waals surface area contributed by atoms with Gasteiger partial charge >= 0.3 is 0 Å². The van der Waals surface area contributed by atoms with E-state index < -0.39 is 0 Å². The van der Waals surface area contributed by atoms with E-state index in [1.54, 1.807) is 0 Å². The summed E-state index contributed by atoms with van der Waals surface area (Å²) in [6.45, 7) is 7.73. The smallest absolute Gasteiger partial charge is 0.0807 e. The van der Waals surface area contributed by atoms with Crippen LogP contribution in [-0.4, -0.2) is 25.3 Å². The molecule has 0 radical (unpaired) electrons. The van der Waals surface area contributed by atoms with Crippen LogP contribution >= 0.6 is 0 Å². The number of nitrogens with one attached hydrogen (secondary N) is 1. The van der Waals surface area contributed by atoms with E-state index in [1.165, 1.54) is 25.7 Å². The van der Waals surface area contributed by atoms with Gasteiger partial charge in [0.2, 0.25) is 0 Å². The average molecular weight is 197 g/mol. The molecule has 2 nitrogen and oxygen atoms in total. The Balaban J connectivity index is 1.87. The molecule has 2 fully saturated rings. The van der Waals surface area contributed by atoms with E-state index in [1.807, 2.05) is 0 Å². The van der Waals surface area contributed by atoms with Crippen molar-refractivity contribution in [1.29, 1.82) is 0 Å². The van der Waals surface area contributed by atoms with Crippen LogP contribution in [0.4, 0.5) is 0 Å². The Morgan fingerprint density at radius 3 is 2.50 bits per heavy atom. The lowest BCUT2D eigenvalue weighted by atomic mass is 9.74. The average Bonchev–Trinajstić information content (AvgIpc) is 2.19. The van der Waals surface area contributed by atoms with Crippen LogP contribution in [0.5, 0.6) is 0 Å². The molecule has 1 aliphatic carbocycles. The van der Waals surface area contributed by atoms with Gasteiger partial charge in [-0.15, -0.1) is 0 Å². The third-order valence-corrected chi connectivity index (χ3v) is 4.02. The summed E-state index contributed by atoms with van der Waals surface area (Å²) >= 11 is 0. The Hall–Kier alpha value is -0.0800. The van der Waals surface area contributed by atoms with Crippen molar-refractivity contribution in [2.24, 2.45) is 11.8 Å². The third-order valence-electron chi connectivity index (χ3n) is 4.02. The largest absolute Gasteiger partial charge is 0.372 e. The van der Waals surface area contributed by atoms with Gasteiger partial charge in [0.05, 0.1) is 12.2 Å². The van der Waals surface area contributed by atoms with Crippen molar-refractivity contribution in [1.82, 2.24) is 5.32 Å². The van der Waals surface area contributed by atoms with Crippen LogP contribution in [0.25, 0.3) is 0 Å². The maximum atomic E-state index is 5.97. The van der Waals surface area contributed by atoms with E-state index in [9.17, 15) is 0 Å². The summed E-state index contributed by atoms with van der Waals surface area (Å²) in [4.78, 5) is 0. The molecule has 1 spiro atoms. The quantitative estimate of drug-likeness (QED) is 0.696. The van der Waals surface area contributed by atoms with Crippen molar-refractivity contribution in [3.8, 4) is 0 Å². The Morgan fingerprint density at radius 2 is 2.00 bits per heavy atom. The van der Waals surface area contributed by atoms with Crippen molar-refractivity contribution in [2.45, 2.75) is 45.1 Å². The van der Waals surface area contributed by atoms with Gasteiger partial charge in [-0.2, -0.15) is 0 Å². The molecule has 1 aliphatic heterocycles. The molecule has 1 heterocycles. The monoisotopic (exact) mass is 197 g/mol. The minimum Gasteiger partial charge on any atom is -0.372 e. The maximum Gasteiger partial charge on any atom is 0.0807 e. The Kier molecular flexibility index (Phi) is 3.13.